The fourth-order valence-electron chi connectivity index (χ4n) is 1.10. The Bertz CT molecular complexity index is 392. The highest BCUT2D eigenvalue weighted by atomic mass is 79.9. The first-order valence-electron chi connectivity index (χ1n) is 3.91. The minimum absolute atomic E-state index is 0.194. The Labute approximate surface area is 103 Å². The molecule has 0 aliphatic carbocycles. The molecule has 0 saturated heterocycles. The summed E-state index contributed by atoms with van der Waals surface area (Å²) >= 11 is 6.41. The van der Waals surface area contributed by atoms with Crippen LogP contribution in [0.15, 0.2) is 21.1 Å². The molecule has 15 heavy (non-hydrogen) atoms. The van der Waals surface area contributed by atoms with Gasteiger partial charge in [-0.1, -0.05) is 0 Å². The van der Waals surface area contributed by atoms with Gasteiger partial charge in [0.25, 0.3) is 0 Å². The third-order valence-corrected chi connectivity index (χ3v) is 3.87. The number of aliphatic hydroxyl groups excluding tert-OH is 1. The number of rotatable bonds is 3. The van der Waals surface area contributed by atoms with Crippen molar-refractivity contribution < 1.29 is 19.7 Å². The van der Waals surface area contributed by atoms with Crippen LogP contribution >= 0.6 is 31.9 Å². The normalized spacial score (nSPS) is 12.3. The first-order chi connectivity index (χ1) is 6.99. The van der Waals surface area contributed by atoms with Crippen molar-refractivity contribution in [2.24, 2.45) is 0 Å². The van der Waals surface area contributed by atoms with Crippen molar-refractivity contribution in [1.82, 2.24) is 0 Å². The third kappa shape index (κ3) is 2.50. The van der Waals surface area contributed by atoms with Gasteiger partial charge in [-0.3, -0.25) is 0 Å². The van der Waals surface area contributed by atoms with E-state index in [0.29, 0.717) is 14.7 Å². The largest absolute Gasteiger partial charge is 0.496 e. The molecule has 0 bridgehead atoms. The molecule has 0 radical (unpaired) electrons. The summed E-state index contributed by atoms with van der Waals surface area (Å²) in [6.07, 6.45) is -1.62. The van der Waals surface area contributed by atoms with E-state index in [0.717, 1.165) is 0 Å². The molecule has 1 rings (SSSR count). The number of hydrogen-bond donors (Lipinski definition) is 2. The lowest BCUT2D eigenvalue weighted by Gasteiger charge is -2.14. The lowest BCUT2D eigenvalue weighted by molar-refractivity contribution is -0.147. The fourth-order valence-corrected chi connectivity index (χ4v) is 2.00. The minimum Gasteiger partial charge on any atom is -0.496 e. The molecule has 82 valence electrons. The van der Waals surface area contributed by atoms with Gasteiger partial charge in [0.2, 0.25) is 0 Å². The average molecular weight is 340 g/mol. The van der Waals surface area contributed by atoms with Gasteiger partial charge in [-0.05, 0) is 44.0 Å². The van der Waals surface area contributed by atoms with Crippen molar-refractivity contribution in [3.05, 3.63) is 26.6 Å². The van der Waals surface area contributed by atoms with Gasteiger partial charge in [-0.25, -0.2) is 4.79 Å². The summed E-state index contributed by atoms with van der Waals surface area (Å²) in [6, 6.07) is 3.28. The molecule has 6 heteroatoms. The SMILES string of the molecule is COc1ccc(Br)c(Br)c1C(O)C(=O)O. The molecular weight excluding hydrogens is 332 g/mol. The molecule has 0 spiro atoms. The second-order valence-electron chi connectivity index (χ2n) is 2.72. The van der Waals surface area contributed by atoms with Gasteiger partial charge in [0.05, 0.1) is 7.11 Å². The molecule has 0 heterocycles. The van der Waals surface area contributed by atoms with E-state index in [1.165, 1.54) is 7.11 Å². The molecule has 2 N–H and O–H groups in total. The van der Waals surface area contributed by atoms with Gasteiger partial charge in [0, 0.05) is 14.5 Å². The maximum atomic E-state index is 10.7. The number of carboxylic acid groups (broad SMARTS) is 1. The summed E-state index contributed by atoms with van der Waals surface area (Å²) in [6.45, 7) is 0. The summed E-state index contributed by atoms with van der Waals surface area (Å²) in [4.78, 5) is 10.7. The molecule has 1 aromatic rings. The van der Waals surface area contributed by atoms with Gasteiger partial charge in [-0.2, -0.15) is 0 Å². The van der Waals surface area contributed by atoms with Gasteiger partial charge < -0.3 is 14.9 Å². The molecule has 0 fully saturated rings. The number of carboxylic acids is 1. The topological polar surface area (TPSA) is 66.8 Å². The van der Waals surface area contributed by atoms with E-state index in [9.17, 15) is 9.90 Å². The van der Waals surface area contributed by atoms with Crippen molar-refractivity contribution in [3.8, 4) is 5.75 Å². The Balaban J connectivity index is 3.35. The molecular formula is C9H8Br2O4. The molecule has 0 aliphatic rings. The van der Waals surface area contributed by atoms with Crippen LogP contribution in [0.25, 0.3) is 0 Å². The number of carbonyl (C=O) groups is 1. The van der Waals surface area contributed by atoms with Crippen LogP contribution in [0.1, 0.15) is 11.7 Å². The van der Waals surface area contributed by atoms with E-state index >= 15 is 0 Å². The van der Waals surface area contributed by atoms with Crippen molar-refractivity contribution in [2.75, 3.05) is 7.11 Å². The maximum absolute atomic E-state index is 10.7. The summed E-state index contributed by atoms with van der Waals surface area (Å²) < 4.78 is 6.10. The number of ether oxygens (including phenoxy) is 1. The standard InChI is InChI=1S/C9H8Br2O4/c1-15-5-3-2-4(10)7(11)6(5)8(12)9(13)14/h2-3,8,12H,1H3,(H,13,14). The number of halogens is 2. The van der Waals surface area contributed by atoms with Gasteiger partial charge >= 0.3 is 5.97 Å². The number of methoxy groups -OCH3 is 1. The molecule has 1 atom stereocenters. The van der Waals surface area contributed by atoms with Crippen LogP contribution in [-0.2, 0) is 4.79 Å². The summed E-state index contributed by atoms with van der Waals surface area (Å²) in [5.74, 6) is -1.01. The fraction of sp³-hybridized carbons (Fsp3) is 0.222. The highest BCUT2D eigenvalue weighted by molar-refractivity contribution is 9.13. The zero-order valence-corrected chi connectivity index (χ0v) is 10.9. The van der Waals surface area contributed by atoms with E-state index in [1.807, 2.05) is 0 Å². The Hall–Kier alpha value is -0.590. The van der Waals surface area contributed by atoms with Crippen LogP contribution in [0.3, 0.4) is 0 Å². The Kier molecular flexibility index (Phi) is 4.12. The third-order valence-electron chi connectivity index (χ3n) is 1.82. The lowest BCUT2D eigenvalue weighted by atomic mass is 10.1. The first kappa shape index (κ1) is 12.5. The van der Waals surface area contributed by atoms with Gasteiger partial charge in [0.1, 0.15) is 5.75 Å². The predicted molar refractivity (Wildman–Crippen MR) is 61.0 cm³/mol. The van der Waals surface area contributed by atoms with Gasteiger partial charge in [-0.15, -0.1) is 0 Å². The molecule has 0 aromatic heterocycles. The summed E-state index contributed by atoms with van der Waals surface area (Å²) in [5.41, 5.74) is 0.194. The lowest BCUT2D eigenvalue weighted by Crippen LogP contribution is -2.12. The number of benzene rings is 1. The highest BCUT2D eigenvalue weighted by Crippen LogP contribution is 2.37. The zero-order chi connectivity index (χ0) is 11.6. The quantitative estimate of drug-likeness (QED) is 0.887. The summed E-state index contributed by atoms with van der Waals surface area (Å²) in [5, 5.41) is 18.2. The van der Waals surface area contributed by atoms with Crippen LogP contribution in [-0.4, -0.2) is 23.3 Å². The zero-order valence-electron chi connectivity index (χ0n) is 7.70. The second kappa shape index (κ2) is 4.96. The van der Waals surface area contributed by atoms with E-state index in [-0.39, 0.29) is 5.56 Å². The highest BCUT2D eigenvalue weighted by Gasteiger charge is 2.24. The Morgan fingerprint density at radius 2 is 2.07 bits per heavy atom. The smallest absolute Gasteiger partial charge is 0.337 e. The van der Waals surface area contributed by atoms with Crippen LogP contribution < -0.4 is 4.74 Å². The molecule has 1 aromatic carbocycles. The van der Waals surface area contributed by atoms with Crippen molar-refractivity contribution in [3.63, 3.8) is 0 Å². The van der Waals surface area contributed by atoms with Crippen LogP contribution in [0.2, 0.25) is 0 Å². The number of aliphatic hydroxyl groups is 1. The van der Waals surface area contributed by atoms with Gasteiger partial charge in [0.15, 0.2) is 6.10 Å². The van der Waals surface area contributed by atoms with Crippen LogP contribution in [0.4, 0.5) is 0 Å². The van der Waals surface area contributed by atoms with Crippen LogP contribution in [0, 0.1) is 0 Å². The van der Waals surface area contributed by atoms with Crippen molar-refractivity contribution in [2.45, 2.75) is 6.10 Å². The van der Waals surface area contributed by atoms with Crippen LogP contribution in [0.5, 0.6) is 5.75 Å². The minimum atomic E-state index is -1.62. The molecule has 0 aliphatic heterocycles. The number of aliphatic carboxylic acids is 1. The molecule has 4 nitrogen and oxygen atoms in total. The van der Waals surface area contributed by atoms with E-state index in [2.05, 4.69) is 31.9 Å². The van der Waals surface area contributed by atoms with E-state index in [1.54, 1.807) is 12.1 Å². The molecule has 1 unspecified atom stereocenters. The molecule has 0 saturated carbocycles. The van der Waals surface area contributed by atoms with E-state index in [4.69, 9.17) is 9.84 Å². The Morgan fingerprint density at radius 1 is 1.47 bits per heavy atom. The second-order valence-corrected chi connectivity index (χ2v) is 4.37. The predicted octanol–water partition coefficient (Wildman–Crippen LogP) is 2.34. The monoisotopic (exact) mass is 338 g/mol. The van der Waals surface area contributed by atoms with Crippen molar-refractivity contribution >= 4 is 37.8 Å². The average Bonchev–Trinajstić information content (AvgIpc) is 2.20. The summed E-state index contributed by atoms with van der Waals surface area (Å²) in [7, 11) is 1.41. The van der Waals surface area contributed by atoms with E-state index < -0.39 is 12.1 Å². The Morgan fingerprint density at radius 3 is 2.53 bits per heavy atom. The maximum Gasteiger partial charge on any atom is 0.337 e. The molecule has 0 amide bonds. The van der Waals surface area contributed by atoms with Crippen molar-refractivity contribution in [1.29, 1.82) is 0 Å². The number of hydrogen-bond acceptors (Lipinski definition) is 3. The first-order valence-corrected chi connectivity index (χ1v) is 5.50.